The van der Waals surface area contributed by atoms with Gasteiger partial charge in [0.15, 0.2) is 0 Å². The zero-order chi connectivity index (χ0) is 13.0. The van der Waals surface area contributed by atoms with Crippen molar-refractivity contribution in [2.75, 3.05) is 43.5 Å². The van der Waals surface area contributed by atoms with Gasteiger partial charge in [-0.3, -0.25) is 0 Å². The second kappa shape index (κ2) is 6.00. The average Bonchev–Trinajstić information content (AvgIpc) is 2.39. The van der Waals surface area contributed by atoms with Crippen molar-refractivity contribution >= 4 is 11.6 Å². The number of piperidine rings is 1. The van der Waals surface area contributed by atoms with E-state index in [4.69, 9.17) is 5.73 Å². The number of hydrogen-bond acceptors (Lipinski definition) is 5. The second-order valence-corrected chi connectivity index (χ2v) is 5.16. The summed E-state index contributed by atoms with van der Waals surface area (Å²) in [6.45, 7) is 2.94. The Morgan fingerprint density at radius 2 is 2.28 bits per heavy atom. The van der Waals surface area contributed by atoms with Crippen LogP contribution in [0.2, 0.25) is 0 Å². The molecule has 100 valence electrons. The van der Waals surface area contributed by atoms with Crippen molar-refractivity contribution in [3.8, 4) is 0 Å². The van der Waals surface area contributed by atoms with Crippen molar-refractivity contribution in [1.29, 1.82) is 0 Å². The smallest absolute Gasteiger partial charge is 0.134 e. The van der Waals surface area contributed by atoms with Gasteiger partial charge in [-0.2, -0.15) is 0 Å². The summed E-state index contributed by atoms with van der Waals surface area (Å²) in [4.78, 5) is 13.0. The molecule has 0 amide bonds. The summed E-state index contributed by atoms with van der Waals surface area (Å²) in [6.07, 6.45) is 5.28. The Hall–Kier alpha value is -1.36. The summed E-state index contributed by atoms with van der Waals surface area (Å²) < 4.78 is 0. The topological polar surface area (TPSA) is 58.3 Å². The highest BCUT2D eigenvalue weighted by atomic mass is 15.2. The normalized spacial score (nSPS) is 19.9. The molecule has 18 heavy (non-hydrogen) atoms. The highest BCUT2D eigenvalue weighted by Gasteiger charge is 2.20. The molecule has 1 aromatic heterocycles. The van der Waals surface area contributed by atoms with E-state index in [2.05, 4.69) is 20.9 Å². The third-order valence-electron chi connectivity index (χ3n) is 3.51. The Morgan fingerprint density at radius 1 is 1.44 bits per heavy atom. The number of hydrogen-bond donors (Lipinski definition) is 1. The van der Waals surface area contributed by atoms with E-state index in [0.29, 0.717) is 5.92 Å². The zero-order valence-electron chi connectivity index (χ0n) is 11.3. The summed E-state index contributed by atoms with van der Waals surface area (Å²) >= 11 is 0. The first-order chi connectivity index (χ1) is 8.70. The molecule has 0 aromatic carbocycles. The Labute approximate surface area is 109 Å². The van der Waals surface area contributed by atoms with Crippen LogP contribution in [-0.4, -0.2) is 43.7 Å². The third kappa shape index (κ3) is 3.10. The fourth-order valence-corrected chi connectivity index (χ4v) is 2.50. The molecule has 1 atom stereocenters. The molecule has 0 aliphatic carbocycles. The van der Waals surface area contributed by atoms with Gasteiger partial charge < -0.3 is 15.5 Å². The van der Waals surface area contributed by atoms with Gasteiger partial charge in [0.25, 0.3) is 0 Å². The molecule has 1 aromatic rings. The quantitative estimate of drug-likeness (QED) is 0.866. The van der Waals surface area contributed by atoms with Crippen molar-refractivity contribution in [3.63, 3.8) is 0 Å². The summed E-state index contributed by atoms with van der Waals surface area (Å²) in [5.74, 6) is 2.71. The molecule has 5 nitrogen and oxygen atoms in total. The molecule has 1 saturated heterocycles. The molecule has 0 radical (unpaired) electrons. The molecular weight excluding hydrogens is 226 g/mol. The minimum atomic E-state index is 0.710. The lowest BCUT2D eigenvalue weighted by atomic mass is 9.95. The predicted molar refractivity (Wildman–Crippen MR) is 75.0 cm³/mol. The molecule has 5 heteroatoms. The van der Waals surface area contributed by atoms with Gasteiger partial charge in [0.1, 0.15) is 18.0 Å². The number of nitrogens with two attached hydrogens (primary N) is 1. The summed E-state index contributed by atoms with van der Waals surface area (Å²) in [7, 11) is 4.00. The lowest BCUT2D eigenvalue weighted by Gasteiger charge is -2.33. The van der Waals surface area contributed by atoms with E-state index in [9.17, 15) is 0 Å². The molecule has 1 unspecified atom stereocenters. The van der Waals surface area contributed by atoms with E-state index in [1.54, 1.807) is 6.33 Å². The van der Waals surface area contributed by atoms with E-state index in [0.717, 1.165) is 37.7 Å². The van der Waals surface area contributed by atoms with Crippen LogP contribution in [0.15, 0.2) is 12.4 Å². The number of anilines is 2. The highest BCUT2D eigenvalue weighted by Crippen LogP contribution is 2.24. The molecule has 2 N–H and O–H groups in total. The van der Waals surface area contributed by atoms with Crippen LogP contribution in [0.3, 0.4) is 0 Å². The van der Waals surface area contributed by atoms with Crippen LogP contribution >= 0.6 is 0 Å². The third-order valence-corrected chi connectivity index (χ3v) is 3.51. The van der Waals surface area contributed by atoms with E-state index in [-0.39, 0.29) is 0 Å². The van der Waals surface area contributed by atoms with Crippen LogP contribution in [0, 0.1) is 5.92 Å². The molecule has 1 fully saturated rings. The minimum Gasteiger partial charge on any atom is -0.363 e. The van der Waals surface area contributed by atoms with Crippen molar-refractivity contribution < 1.29 is 0 Å². The van der Waals surface area contributed by atoms with Crippen molar-refractivity contribution in [2.45, 2.75) is 19.3 Å². The monoisotopic (exact) mass is 249 g/mol. The van der Waals surface area contributed by atoms with Gasteiger partial charge in [0.2, 0.25) is 0 Å². The van der Waals surface area contributed by atoms with E-state index in [1.165, 1.54) is 12.8 Å². The minimum absolute atomic E-state index is 0.710. The molecule has 1 aliphatic rings. The van der Waals surface area contributed by atoms with Crippen LogP contribution in [0.1, 0.15) is 19.3 Å². The van der Waals surface area contributed by atoms with Crippen LogP contribution in [-0.2, 0) is 0 Å². The van der Waals surface area contributed by atoms with Gasteiger partial charge in [-0.15, -0.1) is 0 Å². The standard InChI is InChI=1S/C13H23N5/c1-17(2)12-8-13(16-10-15-12)18-7-3-4-11(9-18)5-6-14/h8,10-11H,3-7,9,14H2,1-2H3. The fourth-order valence-electron chi connectivity index (χ4n) is 2.50. The molecule has 2 heterocycles. The van der Waals surface area contributed by atoms with Gasteiger partial charge in [-0.1, -0.05) is 0 Å². The van der Waals surface area contributed by atoms with E-state index < -0.39 is 0 Å². The van der Waals surface area contributed by atoms with Crippen LogP contribution in [0.4, 0.5) is 11.6 Å². The lowest BCUT2D eigenvalue weighted by Crippen LogP contribution is -2.36. The van der Waals surface area contributed by atoms with Crippen molar-refractivity contribution in [1.82, 2.24) is 9.97 Å². The molecule has 0 spiro atoms. The Bertz CT molecular complexity index is 377. The first-order valence-corrected chi connectivity index (χ1v) is 6.65. The summed E-state index contributed by atoms with van der Waals surface area (Å²) in [6, 6.07) is 2.06. The van der Waals surface area contributed by atoms with Gasteiger partial charge >= 0.3 is 0 Å². The maximum absolute atomic E-state index is 5.66. The molecule has 0 saturated carbocycles. The first kappa shape index (κ1) is 13.1. The summed E-state index contributed by atoms with van der Waals surface area (Å²) in [5.41, 5.74) is 5.66. The Kier molecular flexibility index (Phi) is 4.36. The largest absolute Gasteiger partial charge is 0.363 e. The molecule has 1 aliphatic heterocycles. The van der Waals surface area contributed by atoms with E-state index in [1.807, 2.05) is 19.0 Å². The average molecular weight is 249 g/mol. The zero-order valence-corrected chi connectivity index (χ0v) is 11.3. The van der Waals surface area contributed by atoms with Gasteiger partial charge in [0.05, 0.1) is 0 Å². The van der Waals surface area contributed by atoms with Crippen LogP contribution < -0.4 is 15.5 Å². The maximum atomic E-state index is 5.66. The van der Waals surface area contributed by atoms with Crippen molar-refractivity contribution in [2.24, 2.45) is 11.7 Å². The Balaban J connectivity index is 2.08. The highest BCUT2D eigenvalue weighted by molar-refractivity contribution is 5.49. The molecular formula is C13H23N5. The van der Waals surface area contributed by atoms with Gasteiger partial charge in [-0.25, -0.2) is 9.97 Å². The molecule has 0 bridgehead atoms. The second-order valence-electron chi connectivity index (χ2n) is 5.16. The first-order valence-electron chi connectivity index (χ1n) is 6.65. The van der Waals surface area contributed by atoms with Crippen LogP contribution in [0.25, 0.3) is 0 Å². The van der Waals surface area contributed by atoms with Gasteiger partial charge in [0, 0.05) is 33.3 Å². The summed E-state index contributed by atoms with van der Waals surface area (Å²) in [5, 5.41) is 0. The predicted octanol–water partition coefficient (Wildman–Crippen LogP) is 1.11. The Morgan fingerprint density at radius 3 is 3.00 bits per heavy atom. The maximum Gasteiger partial charge on any atom is 0.134 e. The molecule has 2 rings (SSSR count). The van der Waals surface area contributed by atoms with Crippen LogP contribution in [0.5, 0.6) is 0 Å². The number of nitrogens with zero attached hydrogens (tertiary/aromatic N) is 4. The number of aromatic nitrogens is 2. The number of rotatable bonds is 4. The fraction of sp³-hybridized carbons (Fsp3) is 0.692. The van der Waals surface area contributed by atoms with Crippen molar-refractivity contribution in [3.05, 3.63) is 12.4 Å². The lowest BCUT2D eigenvalue weighted by molar-refractivity contribution is 0.394. The van der Waals surface area contributed by atoms with Gasteiger partial charge in [-0.05, 0) is 31.7 Å². The SMILES string of the molecule is CN(C)c1cc(N2CCCC(CCN)C2)ncn1. The van der Waals surface area contributed by atoms with E-state index >= 15 is 0 Å².